The molecule has 4 nitrogen and oxygen atoms in total. The summed E-state index contributed by atoms with van der Waals surface area (Å²) >= 11 is 0. The number of nitrogens with zero attached hydrogens (tertiary/aromatic N) is 1. The van der Waals surface area contributed by atoms with E-state index in [0.717, 1.165) is 6.42 Å². The van der Waals surface area contributed by atoms with Crippen molar-refractivity contribution in [1.82, 2.24) is 4.90 Å². The number of hydrogen-bond donors (Lipinski definition) is 1. The molecule has 0 unspecified atom stereocenters. The summed E-state index contributed by atoms with van der Waals surface area (Å²) in [6.07, 6.45) is -3.67. The topological polar surface area (TPSA) is 55.6 Å². The molecule has 0 aromatic rings. The van der Waals surface area contributed by atoms with Gasteiger partial charge in [0, 0.05) is 19.6 Å². The largest absolute Gasteiger partial charge is 0.411 e. The van der Waals surface area contributed by atoms with Crippen molar-refractivity contribution in [1.29, 1.82) is 0 Å². The Labute approximate surface area is 92.5 Å². The Morgan fingerprint density at radius 3 is 2.44 bits per heavy atom. The zero-order chi connectivity index (χ0) is 12.6. The predicted octanol–water partition coefficient (Wildman–Crippen LogP) is 0.763. The molecular formula is C9H17F3N2O2. The molecule has 1 amide bonds. The van der Waals surface area contributed by atoms with Crippen LogP contribution in [-0.2, 0) is 9.53 Å². The summed E-state index contributed by atoms with van der Waals surface area (Å²) in [7, 11) is 0. The van der Waals surface area contributed by atoms with Crippen LogP contribution < -0.4 is 5.73 Å². The Kier molecular flexibility index (Phi) is 7.07. The highest BCUT2D eigenvalue weighted by Crippen LogP contribution is 2.14. The molecule has 2 N–H and O–H groups in total. The van der Waals surface area contributed by atoms with Crippen molar-refractivity contribution in [3.05, 3.63) is 0 Å². The fourth-order valence-corrected chi connectivity index (χ4v) is 1.13. The summed E-state index contributed by atoms with van der Waals surface area (Å²) in [4.78, 5) is 12.8. The Morgan fingerprint density at radius 1 is 1.38 bits per heavy atom. The smallest absolute Gasteiger partial charge is 0.362 e. The molecule has 0 aliphatic heterocycles. The van der Waals surface area contributed by atoms with E-state index >= 15 is 0 Å². The summed E-state index contributed by atoms with van der Waals surface area (Å²) in [5.41, 5.74) is 5.28. The maximum Gasteiger partial charge on any atom is 0.411 e. The molecule has 0 aliphatic carbocycles. The van der Waals surface area contributed by atoms with Crippen LogP contribution in [0.2, 0.25) is 0 Å². The molecule has 0 heterocycles. The Morgan fingerprint density at radius 2 is 2.00 bits per heavy atom. The van der Waals surface area contributed by atoms with E-state index in [9.17, 15) is 18.0 Å². The number of hydrogen-bond acceptors (Lipinski definition) is 3. The third-order valence-electron chi connectivity index (χ3n) is 1.74. The zero-order valence-corrected chi connectivity index (χ0v) is 9.22. The number of rotatable bonds is 7. The third kappa shape index (κ3) is 7.47. The second-order valence-electron chi connectivity index (χ2n) is 3.28. The number of alkyl halides is 3. The van der Waals surface area contributed by atoms with Crippen molar-refractivity contribution in [3.63, 3.8) is 0 Å². The van der Waals surface area contributed by atoms with Gasteiger partial charge in [0.1, 0.15) is 13.2 Å². The van der Waals surface area contributed by atoms with Gasteiger partial charge in [0.2, 0.25) is 5.91 Å². The summed E-state index contributed by atoms with van der Waals surface area (Å²) < 4.78 is 39.5. The van der Waals surface area contributed by atoms with Crippen LogP contribution in [0.4, 0.5) is 13.2 Å². The molecule has 0 rings (SSSR count). The van der Waals surface area contributed by atoms with Crippen LogP contribution in [-0.4, -0.2) is 49.8 Å². The van der Waals surface area contributed by atoms with Crippen LogP contribution in [0.3, 0.4) is 0 Å². The molecule has 0 radical (unpaired) electrons. The van der Waals surface area contributed by atoms with E-state index in [-0.39, 0.29) is 6.54 Å². The standard InChI is InChI=1S/C9H17F3N2O2/c1-2-4-14(5-3-13)8(15)6-16-7-9(10,11)12/h2-7,13H2,1H3. The molecule has 96 valence electrons. The summed E-state index contributed by atoms with van der Waals surface area (Å²) in [6.45, 7) is 1.01. The number of carbonyl (C=O) groups is 1. The van der Waals surface area contributed by atoms with E-state index in [1.54, 1.807) is 0 Å². The molecule has 7 heteroatoms. The number of halogens is 3. The van der Waals surface area contributed by atoms with Crippen LogP contribution in [0.5, 0.6) is 0 Å². The highest BCUT2D eigenvalue weighted by atomic mass is 19.4. The van der Waals surface area contributed by atoms with Gasteiger partial charge in [-0.05, 0) is 6.42 Å². The molecule has 0 bridgehead atoms. The highest BCUT2D eigenvalue weighted by Gasteiger charge is 2.28. The second kappa shape index (κ2) is 7.45. The van der Waals surface area contributed by atoms with Crippen molar-refractivity contribution >= 4 is 5.91 Å². The lowest BCUT2D eigenvalue weighted by Gasteiger charge is -2.21. The Balaban J connectivity index is 3.91. The minimum atomic E-state index is -4.40. The SMILES string of the molecule is CCCN(CCN)C(=O)COCC(F)(F)F. The van der Waals surface area contributed by atoms with Crippen LogP contribution in [0.1, 0.15) is 13.3 Å². The third-order valence-corrected chi connectivity index (χ3v) is 1.74. The van der Waals surface area contributed by atoms with Crippen LogP contribution in [0, 0.1) is 0 Å². The predicted molar refractivity (Wildman–Crippen MR) is 52.8 cm³/mol. The van der Waals surface area contributed by atoms with Crippen molar-refractivity contribution in [2.45, 2.75) is 19.5 Å². The van der Waals surface area contributed by atoms with Gasteiger partial charge in [0.05, 0.1) is 0 Å². The molecule has 0 saturated heterocycles. The fraction of sp³-hybridized carbons (Fsp3) is 0.889. The van der Waals surface area contributed by atoms with Crippen molar-refractivity contribution in [2.24, 2.45) is 5.73 Å². The molecule has 0 atom stereocenters. The minimum Gasteiger partial charge on any atom is -0.362 e. The first kappa shape index (κ1) is 15.2. The van der Waals surface area contributed by atoms with E-state index in [2.05, 4.69) is 4.74 Å². The minimum absolute atomic E-state index is 0.283. The average molecular weight is 242 g/mol. The first-order chi connectivity index (χ1) is 7.40. The summed E-state index contributed by atoms with van der Waals surface area (Å²) in [6, 6.07) is 0. The zero-order valence-electron chi connectivity index (χ0n) is 9.22. The van der Waals surface area contributed by atoms with E-state index in [1.165, 1.54) is 4.90 Å². The number of ether oxygens (including phenoxy) is 1. The van der Waals surface area contributed by atoms with Gasteiger partial charge in [0.15, 0.2) is 0 Å². The molecule has 0 spiro atoms. The monoisotopic (exact) mass is 242 g/mol. The van der Waals surface area contributed by atoms with Gasteiger partial charge in [0.25, 0.3) is 0 Å². The van der Waals surface area contributed by atoms with Crippen molar-refractivity contribution in [3.8, 4) is 0 Å². The summed E-state index contributed by atoms with van der Waals surface area (Å²) in [5, 5.41) is 0. The van der Waals surface area contributed by atoms with E-state index in [1.807, 2.05) is 6.92 Å². The quantitative estimate of drug-likeness (QED) is 0.717. The molecule has 0 aromatic carbocycles. The van der Waals surface area contributed by atoms with Gasteiger partial charge in [-0.2, -0.15) is 13.2 Å². The number of carbonyl (C=O) groups excluding carboxylic acids is 1. The molecule has 0 saturated carbocycles. The summed E-state index contributed by atoms with van der Waals surface area (Å²) in [5.74, 6) is -0.462. The van der Waals surface area contributed by atoms with Crippen molar-refractivity contribution in [2.75, 3.05) is 32.8 Å². The highest BCUT2D eigenvalue weighted by molar-refractivity contribution is 5.77. The van der Waals surface area contributed by atoms with E-state index in [0.29, 0.717) is 13.1 Å². The van der Waals surface area contributed by atoms with E-state index < -0.39 is 25.3 Å². The normalized spacial score (nSPS) is 11.6. The van der Waals surface area contributed by atoms with Crippen molar-refractivity contribution < 1.29 is 22.7 Å². The maximum absolute atomic E-state index is 11.7. The van der Waals surface area contributed by atoms with Gasteiger partial charge in [-0.25, -0.2) is 0 Å². The number of amides is 1. The molecule has 16 heavy (non-hydrogen) atoms. The average Bonchev–Trinajstić information content (AvgIpc) is 2.15. The number of nitrogens with two attached hydrogens (primary N) is 1. The second-order valence-corrected chi connectivity index (χ2v) is 3.28. The van der Waals surface area contributed by atoms with Gasteiger partial charge < -0.3 is 15.4 Å². The van der Waals surface area contributed by atoms with Gasteiger partial charge >= 0.3 is 6.18 Å². The Hall–Kier alpha value is -0.820. The molecular weight excluding hydrogens is 225 g/mol. The lowest BCUT2D eigenvalue weighted by molar-refractivity contribution is -0.177. The lowest BCUT2D eigenvalue weighted by atomic mass is 10.4. The maximum atomic E-state index is 11.7. The lowest BCUT2D eigenvalue weighted by Crippen LogP contribution is -2.38. The molecule has 0 aromatic heterocycles. The van der Waals surface area contributed by atoms with Crippen LogP contribution >= 0.6 is 0 Å². The van der Waals surface area contributed by atoms with Crippen LogP contribution in [0.25, 0.3) is 0 Å². The van der Waals surface area contributed by atoms with Gasteiger partial charge in [-0.15, -0.1) is 0 Å². The van der Waals surface area contributed by atoms with Gasteiger partial charge in [-0.1, -0.05) is 6.92 Å². The van der Waals surface area contributed by atoms with Gasteiger partial charge in [-0.3, -0.25) is 4.79 Å². The van der Waals surface area contributed by atoms with Crippen LogP contribution in [0.15, 0.2) is 0 Å². The first-order valence-corrected chi connectivity index (χ1v) is 5.03. The Bertz CT molecular complexity index is 203. The first-order valence-electron chi connectivity index (χ1n) is 5.03. The molecule has 0 fully saturated rings. The molecule has 0 aliphatic rings. The van der Waals surface area contributed by atoms with E-state index in [4.69, 9.17) is 5.73 Å². The fourth-order valence-electron chi connectivity index (χ4n) is 1.13.